The Balaban J connectivity index is 1.93. The summed E-state index contributed by atoms with van der Waals surface area (Å²) in [5.41, 5.74) is -0.140. The third-order valence-electron chi connectivity index (χ3n) is 3.55. The Morgan fingerprint density at radius 3 is 2.38 bits per heavy atom. The number of benzene rings is 2. The number of carbonyl (C=O) groups excluding carboxylic acids is 3. The van der Waals surface area contributed by atoms with Crippen molar-refractivity contribution in [3.05, 3.63) is 68.7 Å². The fraction of sp³-hybridized carbons (Fsp3) is 0.211. The average molecular weight is 421 g/mol. The molecule has 10 heteroatoms. The molecule has 0 aliphatic carbocycles. The molecule has 0 saturated carbocycles. The second kappa shape index (κ2) is 10.2. The summed E-state index contributed by atoms with van der Waals surface area (Å²) in [6.07, 6.45) is 0.705. The molecule has 1 amide bonds. The Morgan fingerprint density at radius 2 is 1.76 bits per heavy atom. The van der Waals surface area contributed by atoms with Crippen molar-refractivity contribution in [1.29, 1.82) is 0 Å². The minimum Gasteiger partial charge on any atom is -0.462 e. The van der Waals surface area contributed by atoms with Crippen LogP contribution in [0.5, 0.6) is 0 Å². The Bertz CT molecular complexity index is 929. The van der Waals surface area contributed by atoms with E-state index in [1.54, 1.807) is 0 Å². The maximum atomic E-state index is 12.1. The Hall–Kier alpha value is -3.46. The highest BCUT2D eigenvalue weighted by atomic mass is 35.5. The van der Waals surface area contributed by atoms with Crippen molar-refractivity contribution in [2.75, 3.05) is 18.5 Å². The number of amides is 1. The SMILES string of the molecule is CCCOC(=O)c1ccc(NC(=O)COC(=O)c2cc(Cl)ccc2[N+](=O)[O-])cc1. The molecule has 0 aromatic heterocycles. The highest BCUT2D eigenvalue weighted by Gasteiger charge is 2.22. The zero-order valence-electron chi connectivity index (χ0n) is 15.3. The number of nitrogens with one attached hydrogen (secondary N) is 1. The molecule has 2 rings (SSSR count). The van der Waals surface area contributed by atoms with E-state index in [1.165, 1.54) is 30.3 Å². The van der Waals surface area contributed by atoms with Gasteiger partial charge in [-0.2, -0.15) is 0 Å². The zero-order valence-corrected chi connectivity index (χ0v) is 16.1. The monoisotopic (exact) mass is 420 g/mol. The van der Waals surface area contributed by atoms with Crippen LogP contribution in [0.25, 0.3) is 0 Å². The van der Waals surface area contributed by atoms with E-state index in [9.17, 15) is 24.5 Å². The molecule has 0 atom stereocenters. The Kier molecular flexibility index (Phi) is 7.67. The van der Waals surface area contributed by atoms with E-state index in [4.69, 9.17) is 21.1 Å². The van der Waals surface area contributed by atoms with E-state index in [2.05, 4.69) is 5.32 Å². The van der Waals surface area contributed by atoms with E-state index in [0.717, 1.165) is 12.1 Å². The number of anilines is 1. The van der Waals surface area contributed by atoms with Crippen LogP contribution in [-0.2, 0) is 14.3 Å². The lowest BCUT2D eigenvalue weighted by atomic mass is 10.2. The number of halogens is 1. The second-order valence-electron chi connectivity index (χ2n) is 5.76. The lowest BCUT2D eigenvalue weighted by Crippen LogP contribution is -2.21. The molecule has 0 aliphatic heterocycles. The summed E-state index contributed by atoms with van der Waals surface area (Å²) in [6.45, 7) is 1.53. The standard InChI is InChI=1S/C19H17ClN2O7/c1-2-9-28-18(24)12-3-6-14(7-4-12)21-17(23)11-29-19(25)15-10-13(20)5-8-16(15)22(26)27/h3-8,10H,2,9,11H2,1H3,(H,21,23). The van der Waals surface area contributed by atoms with Gasteiger partial charge in [0.25, 0.3) is 11.6 Å². The minimum absolute atomic E-state index is 0.115. The number of carbonyl (C=O) groups is 3. The van der Waals surface area contributed by atoms with Crippen molar-refractivity contribution in [1.82, 2.24) is 0 Å². The van der Waals surface area contributed by atoms with Crippen molar-refractivity contribution in [2.45, 2.75) is 13.3 Å². The summed E-state index contributed by atoms with van der Waals surface area (Å²) in [4.78, 5) is 46.0. The molecule has 2 aromatic rings. The predicted molar refractivity (Wildman–Crippen MR) is 104 cm³/mol. The zero-order chi connectivity index (χ0) is 21.4. The lowest BCUT2D eigenvalue weighted by molar-refractivity contribution is -0.385. The van der Waals surface area contributed by atoms with Crippen LogP contribution >= 0.6 is 11.6 Å². The third-order valence-corrected chi connectivity index (χ3v) is 3.79. The maximum absolute atomic E-state index is 12.1. The first kappa shape index (κ1) is 21.8. The quantitative estimate of drug-likeness (QED) is 0.392. The number of esters is 2. The van der Waals surface area contributed by atoms with E-state index in [0.29, 0.717) is 24.3 Å². The van der Waals surface area contributed by atoms with Crippen molar-refractivity contribution in [3.63, 3.8) is 0 Å². The molecule has 0 bridgehead atoms. The molecule has 0 aliphatic rings. The number of nitrogens with zero attached hydrogens (tertiary/aromatic N) is 1. The fourth-order valence-corrected chi connectivity index (χ4v) is 2.38. The number of rotatable bonds is 8. The number of nitro benzene ring substituents is 1. The summed E-state index contributed by atoms with van der Waals surface area (Å²) < 4.78 is 9.82. The largest absolute Gasteiger partial charge is 0.462 e. The maximum Gasteiger partial charge on any atom is 0.345 e. The molecule has 0 spiro atoms. The topological polar surface area (TPSA) is 125 Å². The molecule has 0 fully saturated rings. The fourth-order valence-electron chi connectivity index (χ4n) is 2.20. The average Bonchev–Trinajstić information content (AvgIpc) is 2.70. The van der Waals surface area contributed by atoms with Gasteiger partial charge in [0.05, 0.1) is 17.1 Å². The van der Waals surface area contributed by atoms with Gasteiger partial charge in [0.15, 0.2) is 6.61 Å². The van der Waals surface area contributed by atoms with Crippen LogP contribution in [0.3, 0.4) is 0 Å². The van der Waals surface area contributed by atoms with Crippen molar-refractivity contribution in [2.24, 2.45) is 0 Å². The molecule has 0 heterocycles. The number of nitro groups is 1. The predicted octanol–water partition coefficient (Wildman–Crippen LogP) is 3.61. The minimum atomic E-state index is -1.05. The van der Waals surface area contributed by atoms with Gasteiger partial charge >= 0.3 is 11.9 Å². The van der Waals surface area contributed by atoms with Crippen LogP contribution < -0.4 is 5.32 Å². The van der Waals surface area contributed by atoms with Gasteiger partial charge in [-0.3, -0.25) is 14.9 Å². The number of ether oxygens (including phenoxy) is 2. The van der Waals surface area contributed by atoms with E-state index >= 15 is 0 Å². The second-order valence-corrected chi connectivity index (χ2v) is 6.19. The van der Waals surface area contributed by atoms with Gasteiger partial charge in [-0.05, 0) is 42.8 Å². The highest BCUT2D eigenvalue weighted by molar-refractivity contribution is 6.31. The normalized spacial score (nSPS) is 10.1. The Labute approximate surface area is 170 Å². The first-order valence-electron chi connectivity index (χ1n) is 8.50. The van der Waals surface area contributed by atoms with Crippen LogP contribution in [-0.4, -0.2) is 36.0 Å². The third kappa shape index (κ3) is 6.28. The van der Waals surface area contributed by atoms with Crippen molar-refractivity contribution >= 4 is 40.8 Å². The highest BCUT2D eigenvalue weighted by Crippen LogP contribution is 2.23. The van der Waals surface area contributed by atoms with Gasteiger partial charge in [-0.1, -0.05) is 18.5 Å². The van der Waals surface area contributed by atoms with E-state index in [-0.39, 0.29) is 10.6 Å². The van der Waals surface area contributed by atoms with Gasteiger partial charge in [0, 0.05) is 16.8 Å². The first-order valence-corrected chi connectivity index (χ1v) is 8.87. The molecule has 1 N–H and O–H groups in total. The van der Waals surface area contributed by atoms with Gasteiger partial charge < -0.3 is 14.8 Å². The number of hydrogen-bond donors (Lipinski definition) is 1. The summed E-state index contributed by atoms with van der Waals surface area (Å²) in [7, 11) is 0. The van der Waals surface area contributed by atoms with Crippen LogP contribution in [0.15, 0.2) is 42.5 Å². The van der Waals surface area contributed by atoms with Gasteiger partial charge in [0.2, 0.25) is 0 Å². The molecular formula is C19H17ClN2O7. The Morgan fingerprint density at radius 1 is 1.07 bits per heavy atom. The molecule has 0 saturated heterocycles. The molecular weight excluding hydrogens is 404 g/mol. The van der Waals surface area contributed by atoms with Gasteiger partial charge in [-0.25, -0.2) is 9.59 Å². The van der Waals surface area contributed by atoms with Gasteiger partial charge in [0.1, 0.15) is 5.56 Å². The molecule has 29 heavy (non-hydrogen) atoms. The van der Waals surface area contributed by atoms with E-state index in [1.807, 2.05) is 6.92 Å². The molecule has 0 radical (unpaired) electrons. The van der Waals surface area contributed by atoms with Crippen LogP contribution in [0, 0.1) is 10.1 Å². The molecule has 0 unspecified atom stereocenters. The molecule has 2 aromatic carbocycles. The summed E-state index contributed by atoms with van der Waals surface area (Å²) >= 11 is 5.76. The van der Waals surface area contributed by atoms with Crippen molar-refractivity contribution in [3.8, 4) is 0 Å². The smallest absolute Gasteiger partial charge is 0.345 e. The first-order chi connectivity index (χ1) is 13.8. The number of hydrogen-bond acceptors (Lipinski definition) is 7. The van der Waals surface area contributed by atoms with Crippen molar-refractivity contribution < 1.29 is 28.8 Å². The lowest BCUT2D eigenvalue weighted by Gasteiger charge is -2.08. The van der Waals surface area contributed by atoms with Crippen LogP contribution in [0.4, 0.5) is 11.4 Å². The van der Waals surface area contributed by atoms with Crippen LogP contribution in [0.2, 0.25) is 5.02 Å². The van der Waals surface area contributed by atoms with Gasteiger partial charge in [-0.15, -0.1) is 0 Å². The molecule has 9 nitrogen and oxygen atoms in total. The van der Waals surface area contributed by atoms with E-state index < -0.39 is 35.1 Å². The van der Waals surface area contributed by atoms with Crippen LogP contribution in [0.1, 0.15) is 34.1 Å². The summed E-state index contributed by atoms with van der Waals surface area (Å²) in [5, 5.41) is 13.6. The summed E-state index contributed by atoms with van der Waals surface area (Å²) in [6, 6.07) is 9.38. The molecule has 152 valence electrons. The summed E-state index contributed by atoms with van der Waals surface area (Å²) in [5.74, 6) is -2.19.